The lowest BCUT2D eigenvalue weighted by molar-refractivity contribution is 0.291. The van der Waals surface area contributed by atoms with E-state index in [0.29, 0.717) is 12.4 Å². The van der Waals surface area contributed by atoms with Crippen LogP contribution in [0.4, 0.5) is 0 Å². The molecule has 0 heterocycles. The molecule has 13 heavy (non-hydrogen) atoms. The fourth-order valence-electron chi connectivity index (χ4n) is 0.407. The van der Waals surface area contributed by atoms with Crippen LogP contribution in [0.25, 0.3) is 0 Å². The largest absolute Gasteiger partial charge is 0.386 e. The summed E-state index contributed by atoms with van der Waals surface area (Å²) in [4.78, 5) is 8.94. The molecule has 4 nitrogen and oxygen atoms in total. The van der Waals surface area contributed by atoms with E-state index in [4.69, 9.17) is 10.6 Å². The van der Waals surface area contributed by atoms with Crippen molar-refractivity contribution >= 4 is 18.2 Å². The molecular weight excluding hydrogens is 209 g/mol. The van der Waals surface area contributed by atoms with Gasteiger partial charge < -0.3 is 15.2 Å². The zero-order chi connectivity index (χ0) is 10.7. The van der Waals surface area contributed by atoms with E-state index in [1.165, 1.54) is 0 Å². The third-order valence-electron chi connectivity index (χ3n) is 0.751. The Bertz CT molecular complexity index is 146. The molecule has 0 aliphatic carbocycles. The van der Waals surface area contributed by atoms with E-state index in [9.17, 15) is 4.57 Å². The van der Waals surface area contributed by atoms with E-state index in [-0.39, 0.29) is 0 Å². The zero-order valence-electron chi connectivity index (χ0n) is 8.52. The van der Waals surface area contributed by atoms with E-state index < -0.39 is 6.80 Å². The second-order valence-electron chi connectivity index (χ2n) is 2.13. The van der Waals surface area contributed by atoms with E-state index in [0.717, 1.165) is 24.3 Å². The maximum atomic E-state index is 10.9. The molecule has 0 aromatic carbocycles. The first-order chi connectivity index (χ1) is 6.04. The van der Waals surface area contributed by atoms with Crippen molar-refractivity contribution < 1.29 is 14.0 Å². The minimum absolute atomic E-state index is 0.296. The number of rotatable bonds is 5. The Hall–Kier alpha value is 0.460. The molecule has 0 spiro atoms. The van der Waals surface area contributed by atoms with Gasteiger partial charge in [0.1, 0.15) is 0 Å². The van der Waals surface area contributed by atoms with Crippen LogP contribution in [0.15, 0.2) is 0 Å². The Morgan fingerprint density at radius 2 is 1.92 bits per heavy atom. The highest BCUT2D eigenvalue weighted by Crippen LogP contribution is 2.55. The average Bonchev–Trinajstić information content (AvgIpc) is 2.02. The third-order valence-corrected chi connectivity index (χ3v) is 4.10. The number of hydrogen-bond donors (Lipinski definition) is 2. The summed E-state index contributed by atoms with van der Waals surface area (Å²) < 4.78 is 15.5. The van der Waals surface area contributed by atoms with Crippen molar-refractivity contribution in [3.05, 3.63) is 0 Å². The zero-order valence-corrected chi connectivity index (χ0v) is 10.2. The van der Waals surface area contributed by atoms with Gasteiger partial charge in [0.2, 0.25) is 0 Å². The molecule has 0 bridgehead atoms. The molecule has 0 aliphatic heterocycles. The molecule has 0 aromatic heterocycles. The Balaban J connectivity index is 0. The van der Waals surface area contributed by atoms with Crippen LogP contribution >= 0.6 is 18.2 Å². The van der Waals surface area contributed by atoms with Crippen LogP contribution in [-0.2, 0) is 9.09 Å². The van der Waals surface area contributed by atoms with Gasteiger partial charge in [-0.15, -0.1) is 0 Å². The summed E-state index contributed by atoms with van der Waals surface area (Å²) in [6, 6.07) is 0. The molecule has 0 aliphatic rings. The van der Waals surface area contributed by atoms with Gasteiger partial charge in [-0.2, -0.15) is 0 Å². The molecule has 0 rings (SSSR count). The molecule has 0 saturated heterocycles. The van der Waals surface area contributed by atoms with Crippen LogP contribution in [-0.4, -0.2) is 23.8 Å². The maximum Gasteiger partial charge on any atom is 0.386 e. The molecule has 6 heteroatoms. The summed E-state index contributed by atoms with van der Waals surface area (Å²) in [5.41, 5.74) is 4.85. The second kappa shape index (κ2) is 10.5. The average molecular weight is 229 g/mol. The molecule has 82 valence electrons. The Morgan fingerprint density at radius 3 is 2.23 bits per heavy atom. The van der Waals surface area contributed by atoms with Crippen molar-refractivity contribution in [1.82, 2.24) is 0 Å². The first kappa shape index (κ1) is 15.9. The lowest BCUT2D eigenvalue weighted by Crippen LogP contribution is -1.87. The number of hydrogen-bond acceptors (Lipinski definition) is 4. The van der Waals surface area contributed by atoms with E-state index in [1.54, 1.807) is 6.92 Å². The molecular formula is C7H20NO3PS. The minimum Gasteiger partial charge on any atom is -0.331 e. The highest BCUT2D eigenvalue weighted by Gasteiger charge is 2.17. The molecule has 3 N–H and O–H groups in total. The first-order valence-corrected chi connectivity index (χ1v) is 7.52. The van der Waals surface area contributed by atoms with Crippen molar-refractivity contribution in [3.8, 4) is 0 Å². The normalized spacial score (nSPS) is 14.2. The topological polar surface area (TPSA) is 72.5 Å². The van der Waals surface area contributed by atoms with E-state index >= 15 is 0 Å². The van der Waals surface area contributed by atoms with Gasteiger partial charge in [-0.3, -0.25) is 0 Å². The maximum absolute atomic E-state index is 10.9. The van der Waals surface area contributed by atoms with Crippen molar-refractivity contribution in [2.24, 2.45) is 5.73 Å². The Labute approximate surface area is 84.5 Å². The molecule has 0 radical (unpaired) electrons. The Kier molecular flexibility index (Phi) is 12.9. The van der Waals surface area contributed by atoms with Gasteiger partial charge in [0, 0.05) is 5.75 Å². The van der Waals surface area contributed by atoms with Crippen molar-refractivity contribution in [2.45, 2.75) is 27.2 Å². The predicted molar refractivity (Wildman–Crippen MR) is 58.9 cm³/mol. The van der Waals surface area contributed by atoms with Gasteiger partial charge in [0.15, 0.2) is 0 Å². The van der Waals surface area contributed by atoms with Gasteiger partial charge in [0.25, 0.3) is 0 Å². The SMILES string of the molecule is CCCSP(=O)(O)OCC.CCN. The van der Waals surface area contributed by atoms with Crippen molar-refractivity contribution in [3.63, 3.8) is 0 Å². The van der Waals surface area contributed by atoms with Gasteiger partial charge in [-0.05, 0) is 31.3 Å². The molecule has 1 atom stereocenters. The van der Waals surface area contributed by atoms with Crippen molar-refractivity contribution in [1.29, 1.82) is 0 Å². The predicted octanol–water partition coefficient (Wildman–Crippen LogP) is 2.23. The van der Waals surface area contributed by atoms with E-state index in [1.807, 2.05) is 13.8 Å². The lowest BCUT2D eigenvalue weighted by atomic mass is 10.6. The molecule has 1 unspecified atom stereocenters. The summed E-state index contributed by atoms with van der Waals surface area (Å²) in [5.74, 6) is 0.674. The van der Waals surface area contributed by atoms with Crippen LogP contribution in [0.3, 0.4) is 0 Å². The van der Waals surface area contributed by atoms with E-state index in [2.05, 4.69) is 4.52 Å². The Morgan fingerprint density at radius 1 is 1.46 bits per heavy atom. The van der Waals surface area contributed by atoms with Gasteiger partial charge in [0.05, 0.1) is 6.61 Å². The van der Waals surface area contributed by atoms with Crippen molar-refractivity contribution in [2.75, 3.05) is 18.9 Å². The van der Waals surface area contributed by atoms with Gasteiger partial charge in [-0.25, -0.2) is 4.57 Å². The minimum atomic E-state index is -3.29. The molecule has 0 saturated carbocycles. The van der Waals surface area contributed by atoms with Crippen LogP contribution in [0, 0.1) is 0 Å². The number of nitrogens with two attached hydrogens (primary N) is 1. The summed E-state index contributed by atoms with van der Waals surface area (Å²) in [6.45, 7) is 3.32. The third kappa shape index (κ3) is 15.2. The van der Waals surface area contributed by atoms with Gasteiger partial charge >= 0.3 is 6.80 Å². The fraction of sp³-hybridized carbons (Fsp3) is 1.00. The highest BCUT2D eigenvalue weighted by atomic mass is 32.7. The fourth-order valence-corrected chi connectivity index (χ4v) is 3.00. The lowest BCUT2D eigenvalue weighted by Gasteiger charge is -2.07. The molecule has 0 amide bonds. The first-order valence-electron chi connectivity index (χ1n) is 4.35. The van der Waals surface area contributed by atoms with Crippen LogP contribution < -0.4 is 5.73 Å². The smallest absolute Gasteiger partial charge is 0.331 e. The monoisotopic (exact) mass is 229 g/mol. The van der Waals surface area contributed by atoms with Gasteiger partial charge in [-0.1, -0.05) is 13.8 Å². The highest BCUT2D eigenvalue weighted by molar-refractivity contribution is 8.54. The quantitative estimate of drug-likeness (QED) is 0.707. The van der Waals surface area contributed by atoms with Crippen LogP contribution in [0.1, 0.15) is 27.2 Å². The standard InChI is InChI=1S/C5H13O3PS.C2H7N/c1-3-5-10-9(6,7)8-4-2;1-2-3/h3-5H2,1-2H3,(H,6,7);2-3H2,1H3. The summed E-state index contributed by atoms with van der Waals surface area (Å²) >= 11 is 0.992. The molecule has 0 aromatic rings. The summed E-state index contributed by atoms with van der Waals surface area (Å²) in [7, 11) is 0. The molecule has 0 fully saturated rings. The summed E-state index contributed by atoms with van der Waals surface area (Å²) in [5, 5.41) is 0. The van der Waals surface area contributed by atoms with Crippen LogP contribution in [0.5, 0.6) is 0 Å². The van der Waals surface area contributed by atoms with Crippen LogP contribution in [0.2, 0.25) is 0 Å². The second-order valence-corrected chi connectivity index (χ2v) is 6.15. The summed E-state index contributed by atoms with van der Waals surface area (Å²) in [6.07, 6.45) is 0.891.